The van der Waals surface area contributed by atoms with Crippen molar-refractivity contribution in [1.82, 2.24) is 0 Å². The summed E-state index contributed by atoms with van der Waals surface area (Å²) in [7, 11) is 1.79. The molecule has 1 rings (SSSR count). The third-order valence-electron chi connectivity index (χ3n) is 2.88. The molecule has 1 heteroatoms. The van der Waals surface area contributed by atoms with Crippen molar-refractivity contribution in [3.63, 3.8) is 0 Å². The molecule has 0 aromatic heterocycles. The SMILES string of the molecule is CCC=CC=C(OC)C1CCCCC1. The minimum Gasteiger partial charge on any atom is -0.501 e. The van der Waals surface area contributed by atoms with E-state index in [9.17, 15) is 0 Å². The van der Waals surface area contributed by atoms with Crippen molar-refractivity contribution < 1.29 is 4.74 Å². The third-order valence-corrected chi connectivity index (χ3v) is 2.88. The molecule has 0 amide bonds. The molecule has 1 aliphatic carbocycles. The fraction of sp³-hybridized carbons (Fsp3) is 0.692. The van der Waals surface area contributed by atoms with Gasteiger partial charge in [0.05, 0.1) is 12.9 Å². The second-order valence-electron chi connectivity index (χ2n) is 3.94. The molecule has 0 unspecified atom stereocenters. The normalized spacial score (nSPS) is 20.3. The molecule has 0 aliphatic heterocycles. The van der Waals surface area contributed by atoms with Gasteiger partial charge in [-0.1, -0.05) is 38.3 Å². The Balaban J connectivity index is 2.50. The third kappa shape index (κ3) is 3.57. The molecule has 0 heterocycles. The highest BCUT2D eigenvalue weighted by Crippen LogP contribution is 2.29. The number of ether oxygens (including phenoxy) is 1. The zero-order valence-electron chi connectivity index (χ0n) is 9.46. The van der Waals surface area contributed by atoms with Crippen LogP contribution in [0.1, 0.15) is 45.4 Å². The molecular formula is C13H22O. The van der Waals surface area contributed by atoms with Gasteiger partial charge in [0.15, 0.2) is 0 Å². The Hall–Kier alpha value is -0.720. The lowest BCUT2D eigenvalue weighted by molar-refractivity contribution is 0.213. The van der Waals surface area contributed by atoms with Crippen molar-refractivity contribution in [2.24, 2.45) is 5.92 Å². The Morgan fingerprint density at radius 1 is 1.29 bits per heavy atom. The molecule has 1 fully saturated rings. The molecule has 1 nitrogen and oxygen atoms in total. The van der Waals surface area contributed by atoms with Crippen molar-refractivity contribution in [2.75, 3.05) is 7.11 Å². The second kappa shape index (κ2) is 6.69. The summed E-state index contributed by atoms with van der Waals surface area (Å²) in [5.41, 5.74) is 0. The minimum absolute atomic E-state index is 0.676. The molecule has 0 bridgehead atoms. The Morgan fingerprint density at radius 2 is 2.00 bits per heavy atom. The van der Waals surface area contributed by atoms with E-state index in [4.69, 9.17) is 4.74 Å². The van der Waals surface area contributed by atoms with Crippen LogP contribution in [0.25, 0.3) is 0 Å². The highest BCUT2D eigenvalue weighted by Gasteiger charge is 2.17. The van der Waals surface area contributed by atoms with E-state index in [-0.39, 0.29) is 0 Å². The fourth-order valence-electron chi connectivity index (χ4n) is 2.06. The zero-order chi connectivity index (χ0) is 10.2. The van der Waals surface area contributed by atoms with Crippen LogP contribution in [0.5, 0.6) is 0 Å². The topological polar surface area (TPSA) is 9.23 Å². The Kier molecular flexibility index (Phi) is 5.43. The van der Waals surface area contributed by atoms with Crippen LogP contribution in [-0.2, 0) is 4.74 Å². The summed E-state index contributed by atoms with van der Waals surface area (Å²) in [6.45, 7) is 2.15. The highest BCUT2D eigenvalue weighted by atomic mass is 16.5. The summed E-state index contributed by atoms with van der Waals surface area (Å²) in [6.07, 6.45) is 14.3. The molecule has 0 radical (unpaired) electrons. The molecule has 0 saturated heterocycles. The van der Waals surface area contributed by atoms with Gasteiger partial charge in [-0.3, -0.25) is 0 Å². The molecule has 1 aliphatic rings. The van der Waals surface area contributed by atoms with E-state index in [0.717, 1.165) is 6.42 Å². The summed E-state index contributed by atoms with van der Waals surface area (Å²) in [4.78, 5) is 0. The minimum atomic E-state index is 0.676. The average Bonchev–Trinajstić information content (AvgIpc) is 2.26. The Bertz CT molecular complexity index is 197. The van der Waals surface area contributed by atoms with E-state index >= 15 is 0 Å². The van der Waals surface area contributed by atoms with Crippen LogP contribution >= 0.6 is 0 Å². The highest BCUT2D eigenvalue weighted by molar-refractivity contribution is 5.10. The summed E-state index contributed by atoms with van der Waals surface area (Å²) in [5.74, 6) is 1.85. The van der Waals surface area contributed by atoms with Crippen LogP contribution in [0.15, 0.2) is 24.0 Å². The van der Waals surface area contributed by atoms with E-state index in [2.05, 4.69) is 25.2 Å². The van der Waals surface area contributed by atoms with Gasteiger partial charge in [-0.05, 0) is 25.3 Å². The quantitative estimate of drug-likeness (QED) is 0.484. The van der Waals surface area contributed by atoms with Gasteiger partial charge in [0.2, 0.25) is 0 Å². The maximum absolute atomic E-state index is 5.45. The van der Waals surface area contributed by atoms with Gasteiger partial charge in [0.25, 0.3) is 0 Å². The van der Waals surface area contributed by atoms with E-state index in [1.165, 1.54) is 37.9 Å². The van der Waals surface area contributed by atoms with Gasteiger partial charge in [-0.15, -0.1) is 0 Å². The first-order valence-electron chi connectivity index (χ1n) is 5.79. The second-order valence-corrected chi connectivity index (χ2v) is 3.94. The first-order valence-corrected chi connectivity index (χ1v) is 5.79. The lowest BCUT2D eigenvalue weighted by atomic mass is 9.87. The van der Waals surface area contributed by atoms with Gasteiger partial charge in [0, 0.05) is 5.92 Å². The number of allylic oxidation sites excluding steroid dienone is 4. The van der Waals surface area contributed by atoms with E-state index in [1.54, 1.807) is 7.11 Å². The van der Waals surface area contributed by atoms with Crippen molar-refractivity contribution in [1.29, 1.82) is 0 Å². The first kappa shape index (κ1) is 11.4. The van der Waals surface area contributed by atoms with Crippen molar-refractivity contribution in [3.05, 3.63) is 24.0 Å². The lowest BCUT2D eigenvalue weighted by Gasteiger charge is -2.23. The van der Waals surface area contributed by atoms with Gasteiger partial charge in [0.1, 0.15) is 0 Å². The number of methoxy groups -OCH3 is 1. The molecule has 0 spiro atoms. The predicted molar refractivity (Wildman–Crippen MR) is 61.1 cm³/mol. The van der Waals surface area contributed by atoms with Crippen LogP contribution in [0.2, 0.25) is 0 Å². The zero-order valence-corrected chi connectivity index (χ0v) is 9.46. The molecule has 0 aromatic rings. The van der Waals surface area contributed by atoms with Gasteiger partial charge in [-0.2, -0.15) is 0 Å². The summed E-state index contributed by atoms with van der Waals surface area (Å²) in [5, 5.41) is 0. The molecular weight excluding hydrogens is 172 g/mol. The predicted octanol–water partition coefficient (Wildman–Crippen LogP) is 4.06. The molecule has 1 saturated carbocycles. The monoisotopic (exact) mass is 194 g/mol. The molecule has 0 aromatic carbocycles. The van der Waals surface area contributed by atoms with Crippen LogP contribution in [0, 0.1) is 5.92 Å². The fourth-order valence-corrected chi connectivity index (χ4v) is 2.06. The smallest absolute Gasteiger partial charge is 0.0986 e. The van der Waals surface area contributed by atoms with Crippen molar-refractivity contribution >= 4 is 0 Å². The average molecular weight is 194 g/mol. The molecule has 0 atom stereocenters. The summed E-state index contributed by atoms with van der Waals surface area (Å²) >= 11 is 0. The number of rotatable bonds is 4. The largest absolute Gasteiger partial charge is 0.501 e. The maximum atomic E-state index is 5.45. The first-order chi connectivity index (χ1) is 6.88. The van der Waals surface area contributed by atoms with Crippen LogP contribution in [-0.4, -0.2) is 7.11 Å². The Morgan fingerprint density at radius 3 is 2.57 bits per heavy atom. The maximum Gasteiger partial charge on any atom is 0.0986 e. The summed E-state index contributed by atoms with van der Waals surface area (Å²) in [6, 6.07) is 0. The lowest BCUT2D eigenvalue weighted by Crippen LogP contribution is -2.10. The van der Waals surface area contributed by atoms with Crippen molar-refractivity contribution in [3.8, 4) is 0 Å². The van der Waals surface area contributed by atoms with E-state index in [0.29, 0.717) is 5.92 Å². The molecule has 80 valence electrons. The van der Waals surface area contributed by atoms with Gasteiger partial charge >= 0.3 is 0 Å². The molecule has 14 heavy (non-hydrogen) atoms. The van der Waals surface area contributed by atoms with Crippen LogP contribution < -0.4 is 0 Å². The Labute approximate surface area is 87.8 Å². The number of hydrogen-bond donors (Lipinski definition) is 0. The molecule has 0 N–H and O–H groups in total. The van der Waals surface area contributed by atoms with Crippen molar-refractivity contribution in [2.45, 2.75) is 45.4 Å². The van der Waals surface area contributed by atoms with Crippen LogP contribution in [0.3, 0.4) is 0 Å². The summed E-state index contributed by atoms with van der Waals surface area (Å²) < 4.78 is 5.45. The van der Waals surface area contributed by atoms with E-state index < -0.39 is 0 Å². The van der Waals surface area contributed by atoms with Gasteiger partial charge in [-0.25, -0.2) is 0 Å². The van der Waals surface area contributed by atoms with E-state index in [1.807, 2.05) is 0 Å². The van der Waals surface area contributed by atoms with Gasteiger partial charge < -0.3 is 4.74 Å². The standard InChI is InChI=1S/C13H22O/c1-3-4-6-11-13(14-2)12-9-7-5-8-10-12/h4,6,11-12H,3,5,7-10H2,1-2H3. The number of hydrogen-bond acceptors (Lipinski definition) is 1. The van der Waals surface area contributed by atoms with Crippen LogP contribution in [0.4, 0.5) is 0 Å².